The number of azo groups is 1. The maximum absolute atomic E-state index is 9.52. The minimum atomic E-state index is -1.05. The highest BCUT2D eigenvalue weighted by molar-refractivity contribution is 5.34. The molecule has 0 aliphatic heterocycles. The third kappa shape index (κ3) is 3.34. The number of rotatable bonds is 3. The summed E-state index contributed by atoms with van der Waals surface area (Å²) < 4.78 is 0. The van der Waals surface area contributed by atoms with Gasteiger partial charge in [-0.2, -0.15) is 10.2 Å². The minimum absolute atomic E-state index is 0.559. The van der Waals surface area contributed by atoms with E-state index in [1.807, 2.05) is 37.3 Å². The van der Waals surface area contributed by atoms with Gasteiger partial charge in [-0.15, -0.1) is 0 Å². The molecule has 1 N–H and O–H groups in total. The number of nitrogens with zero attached hydrogens (tertiary/aromatic N) is 2. The molecule has 0 heterocycles. The van der Waals surface area contributed by atoms with Gasteiger partial charge < -0.3 is 5.11 Å². The van der Waals surface area contributed by atoms with Crippen LogP contribution >= 0.6 is 0 Å². The van der Waals surface area contributed by atoms with E-state index in [9.17, 15) is 5.11 Å². The van der Waals surface area contributed by atoms with Crippen molar-refractivity contribution in [3.8, 4) is 0 Å². The van der Waals surface area contributed by atoms with Gasteiger partial charge in [-0.05, 0) is 25.5 Å². The fourth-order valence-electron chi connectivity index (χ4n) is 0.731. The smallest absolute Gasteiger partial charge is 0.173 e. The molecule has 0 amide bonds. The van der Waals surface area contributed by atoms with Crippen molar-refractivity contribution < 1.29 is 5.11 Å². The number of hydrogen-bond donors (Lipinski definition) is 1. The highest BCUT2D eigenvalue weighted by Crippen LogP contribution is 2.16. The zero-order chi connectivity index (χ0) is 9.73. The van der Waals surface area contributed by atoms with Gasteiger partial charge in [-0.25, -0.2) is 0 Å². The normalized spacial score (nSPS) is 15.9. The van der Waals surface area contributed by atoms with E-state index in [-0.39, 0.29) is 0 Å². The van der Waals surface area contributed by atoms with Crippen molar-refractivity contribution in [1.29, 1.82) is 0 Å². The molecule has 1 rings (SSSR count). The first-order valence-corrected chi connectivity index (χ1v) is 4.34. The van der Waals surface area contributed by atoms with Crippen LogP contribution in [0.3, 0.4) is 0 Å². The van der Waals surface area contributed by atoms with E-state index in [4.69, 9.17) is 0 Å². The Morgan fingerprint density at radius 3 is 2.46 bits per heavy atom. The molecular weight excluding hydrogens is 164 g/mol. The number of hydrogen-bond acceptors (Lipinski definition) is 3. The summed E-state index contributed by atoms with van der Waals surface area (Å²) in [5.41, 5.74) is -0.285. The van der Waals surface area contributed by atoms with Gasteiger partial charge in [0.1, 0.15) is 0 Å². The van der Waals surface area contributed by atoms with Crippen molar-refractivity contribution >= 4 is 5.69 Å². The fourth-order valence-corrected chi connectivity index (χ4v) is 0.731. The molecule has 0 aliphatic carbocycles. The van der Waals surface area contributed by atoms with E-state index >= 15 is 0 Å². The Morgan fingerprint density at radius 1 is 1.31 bits per heavy atom. The monoisotopic (exact) mass is 178 g/mol. The number of benzene rings is 1. The first-order chi connectivity index (χ1) is 6.14. The molecule has 1 unspecified atom stereocenters. The van der Waals surface area contributed by atoms with Crippen LogP contribution in [0.5, 0.6) is 0 Å². The van der Waals surface area contributed by atoms with Gasteiger partial charge in [0.15, 0.2) is 5.72 Å². The Morgan fingerprint density at radius 2 is 1.92 bits per heavy atom. The van der Waals surface area contributed by atoms with Crippen LogP contribution in [-0.4, -0.2) is 10.8 Å². The third-order valence-electron chi connectivity index (χ3n) is 1.81. The second-order valence-corrected chi connectivity index (χ2v) is 3.11. The van der Waals surface area contributed by atoms with Gasteiger partial charge in [-0.3, -0.25) is 0 Å². The lowest BCUT2D eigenvalue weighted by Crippen LogP contribution is -2.17. The largest absolute Gasteiger partial charge is 0.368 e. The summed E-state index contributed by atoms with van der Waals surface area (Å²) in [4.78, 5) is 0. The molecule has 0 radical (unpaired) electrons. The van der Waals surface area contributed by atoms with Gasteiger partial charge >= 0.3 is 0 Å². The molecule has 0 bridgehead atoms. The predicted octanol–water partition coefficient (Wildman–Crippen LogP) is 2.89. The molecule has 70 valence electrons. The van der Waals surface area contributed by atoms with Gasteiger partial charge in [0.25, 0.3) is 0 Å². The zero-order valence-electron chi connectivity index (χ0n) is 7.94. The van der Waals surface area contributed by atoms with Gasteiger partial charge in [0.2, 0.25) is 0 Å². The summed E-state index contributed by atoms with van der Waals surface area (Å²) in [6, 6.07) is 9.37. The lowest BCUT2D eigenvalue weighted by molar-refractivity contribution is 0.0585. The van der Waals surface area contributed by atoms with Crippen LogP contribution in [-0.2, 0) is 0 Å². The highest BCUT2D eigenvalue weighted by atomic mass is 16.3. The van der Waals surface area contributed by atoms with Crippen LogP contribution in [0.15, 0.2) is 40.6 Å². The van der Waals surface area contributed by atoms with Crippen molar-refractivity contribution in [2.24, 2.45) is 10.2 Å². The van der Waals surface area contributed by atoms with Crippen LogP contribution < -0.4 is 0 Å². The van der Waals surface area contributed by atoms with Crippen molar-refractivity contribution in [3.05, 3.63) is 30.3 Å². The van der Waals surface area contributed by atoms with E-state index in [0.29, 0.717) is 6.42 Å². The van der Waals surface area contributed by atoms with Crippen molar-refractivity contribution in [2.45, 2.75) is 26.0 Å². The summed E-state index contributed by atoms with van der Waals surface area (Å²) in [6.07, 6.45) is 0.559. The van der Waals surface area contributed by atoms with E-state index in [1.54, 1.807) is 6.92 Å². The van der Waals surface area contributed by atoms with Crippen molar-refractivity contribution in [3.63, 3.8) is 0 Å². The first kappa shape index (κ1) is 9.86. The molecule has 1 aromatic rings. The molecule has 3 heteroatoms. The SMILES string of the molecule is CCC(C)(O)N=Nc1ccccc1. The molecular formula is C10H14N2O. The lowest BCUT2D eigenvalue weighted by atomic mass is 10.2. The maximum Gasteiger partial charge on any atom is 0.173 e. The molecule has 0 spiro atoms. The quantitative estimate of drug-likeness (QED) is 0.710. The van der Waals surface area contributed by atoms with Crippen molar-refractivity contribution in [1.82, 2.24) is 0 Å². The summed E-state index contributed by atoms with van der Waals surface area (Å²) in [5.74, 6) is 0. The van der Waals surface area contributed by atoms with Crippen molar-refractivity contribution in [2.75, 3.05) is 0 Å². The first-order valence-electron chi connectivity index (χ1n) is 4.34. The molecule has 1 aromatic carbocycles. The highest BCUT2D eigenvalue weighted by Gasteiger charge is 2.14. The van der Waals surface area contributed by atoms with Gasteiger partial charge in [0.05, 0.1) is 5.69 Å². The third-order valence-corrected chi connectivity index (χ3v) is 1.81. The molecule has 0 aliphatic rings. The minimum Gasteiger partial charge on any atom is -0.368 e. The van der Waals surface area contributed by atoms with Crippen LogP contribution in [0.4, 0.5) is 5.69 Å². The van der Waals surface area contributed by atoms with Crippen LogP contribution in [0.25, 0.3) is 0 Å². The van der Waals surface area contributed by atoms with Crippen LogP contribution in [0.2, 0.25) is 0 Å². The van der Waals surface area contributed by atoms with Gasteiger partial charge in [-0.1, -0.05) is 25.1 Å². The molecule has 1 atom stereocenters. The molecule has 3 nitrogen and oxygen atoms in total. The molecule has 13 heavy (non-hydrogen) atoms. The maximum atomic E-state index is 9.52. The topological polar surface area (TPSA) is 45.0 Å². The Hall–Kier alpha value is -1.22. The second-order valence-electron chi connectivity index (χ2n) is 3.11. The summed E-state index contributed by atoms with van der Waals surface area (Å²) >= 11 is 0. The van der Waals surface area contributed by atoms with Gasteiger partial charge in [0, 0.05) is 0 Å². The van der Waals surface area contributed by atoms with E-state index in [2.05, 4.69) is 10.2 Å². The molecule has 0 saturated carbocycles. The molecule has 0 aromatic heterocycles. The van der Waals surface area contributed by atoms with E-state index in [1.165, 1.54) is 0 Å². The second kappa shape index (κ2) is 4.14. The average molecular weight is 178 g/mol. The predicted molar refractivity (Wildman–Crippen MR) is 51.9 cm³/mol. The zero-order valence-corrected chi connectivity index (χ0v) is 7.94. The lowest BCUT2D eigenvalue weighted by Gasteiger charge is -2.12. The average Bonchev–Trinajstić information content (AvgIpc) is 2.17. The van der Waals surface area contributed by atoms with E-state index < -0.39 is 5.72 Å². The summed E-state index contributed by atoms with van der Waals surface area (Å²) in [5, 5.41) is 17.3. The Bertz CT molecular complexity index is 280. The van der Waals surface area contributed by atoms with E-state index in [0.717, 1.165) is 5.69 Å². The Balaban J connectivity index is 2.69. The van der Waals surface area contributed by atoms with Crippen LogP contribution in [0, 0.1) is 0 Å². The molecule has 0 saturated heterocycles. The standard InChI is InChI=1S/C10H14N2O/c1-3-10(2,13)12-11-9-7-5-4-6-8-9/h4-8,13H,3H2,1-2H3. The fraction of sp³-hybridized carbons (Fsp3) is 0.400. The Labute approximate surface area is 78.1 Å². The van der Waals surface area contributed by atoms with Crippen LogP contribution in [0.1, 0.15) is 20.3 Å². The molecule has 0 fully saturated rings. The Kier molecular flexibility index (Phi) is 3.14. The number of aliphatic hydroxyl groups is 1. The summed E-state index contributed by atoms with van der Waals surface area (Å²) in [6.45, 7) is 3.50. The summed E-state index contributed by atoms with van der Waals surface area (Å²) in [7, 11) is 0.